The van der Waals surface area contributed by atoms with Gasteiger partial charge in [0.2, 0.25) is 0 Å². The Morgan fingerprint density at radius 1 is 1.22 bits per heavy atom. The average molecular weight is 432 g/mol. The van der Waals surface area contributed by atoms with Gasteiger partial charge in [0, 0.05) is 41.3 Å². The number of rotatable bonds is 6. The fourth-order valence-corrected chi connectivity index (χ4v) is 3.83. The molecule has 32 heavy (non-hydrogen) atoms. The zero-order valence-electron chi connectivity index (χ0n) is 17.6. The third-order valence-electron chi connectivity index (χ3n) is 5.67. The molecule has 0 saturated heterocycles. The lowest BCUT2D eigenvalue weighted by Gasteiger charge is -2.10. The van der Waals surface area contributed by atoms with E-state index < -0.39 is 11.7 Å². The number of hydrogen-bond acceptors (Lipinski definition) is 4. The molecule has 0 aliphatic heterocycles. The number of carbonyl (C=O) groups excluding carboxylic acids is 2. The molecule has 7 nitrogen and oxygen atoms in total. The van der Waals surface area contributed by atoms with Crippen molar-refractivity contribution in [3.8, 4) is 16.9 Å². The first-order valence-electron chi connectivity index (χ1n) is 10.3. The molecule has 1 N–H and O–H groups in total. The van der Waals surface area contributed by atoms with Crippen LogP contribution in [0.5, 0.6) is 5.75 Å². The average Bonchev–Trinajstić information content (AvgIpc) is 3.38. The third-order valence-corrected chi connectivity index (χ3v) is 5.67. The normalized spacial score (nSPS) is 13.3. The van der Waals surface area contributed by atoms with E-state index in [0.29, 0.717) is 28.4 Å². The summed E-state index contributed by atoms with van der Waals surface area (Å²) in [4.78, 5) is 25.4. The Labute approximate surface area is 183 Å². The molecule has 3 aromatic heterocycles. The number of ketones is 1. The first-order chi connectivity index (χ1) is 15.5. The standard InChI is InChI=1S/C24H21FN4O3/c1-14(30)19-13-28-9-8-17(32-2)10-21(28)22(19)24(31)27-20-5-3-4-18(23(20)25)15-11-26-29(12-15)16-6-7-16/h3-5,8-13,16H,6-7H2,1-2H3,(H,27,31). The van der Waals surface area contributed by atoms with E-state index in [2.05, 4.69) is 10.4 Å². The predicted molar refractivity (Wildman–Crippen MR) is 118 cm³/mol. The van der Waals surface area contributed by atoms with Crippen LogP contribution in [-0.2, 0) is 0 Å². The molecular formula is C24H21FN4O3. The van der Waals surface area contributed by atoms with E-state index in [9.17, 15) is 9.59 Å². The molecule has 8 heteroatoms. The minimum atomic E-state index is -0.573. The lowest BCUT2D eigenvalue weighted by atomic mass is 10.1. The SMILES string of the molecule is COc1ccn2cc(C(C)=O)c(C(=O)Nc3cccc(-c4cnn(C5CC5)c4)c3F)c2c1. The highest BCUT2D eigenvalue weighted by molar-refractivity contribution is 6.16. The summed E-state index contributed by atoms with van der Waals surface area (Å²) in [5.41, 5.74) is 1.94. The van der Waals surface area contributed by atoms with Gasteiger partial charge in [0.1, 0.15) is 5.75 Å². The second kappa shape index (κ2) is 7.64. The number of nitrogens with one attached hydrogen (secondary N) is 1. The van der Waals surface area contributed by atoms with E-state index in [1.807, 2.05) is 10.9 Å². The number of ether oxygens (including phenoxy) is 1. The quantitative estimate of drug-likeness (QED) is 0.447. The van der Waals surface area contributed by atoms with Gasteiger partial charge < -0.3 is 14.5 Å². The second-order valence-corrected chi connectivity index (χ2v) is 7.89. The molecule has 4 aromatic rings. The Kier molecular flexibility index (Phi) is 4.77. The number of aromatic nitrogens is 3. The van der Waals surface area contributed by atoms with Crippen LogP contribution in [0.4, 0.5) is 10.1 Å². The fourth-order valence-electron chi connectivity index (χ4n) is 3.83. The van der Waals surface area contributed by atoms with Crippen LogP contribution in [0.25, 0.3) is 16.6 Å². The van der Waals surface area contributed by atoms with E-state index in [0.717, 1.165) is 12.8 Å². The summed E-state index contributed by atoms with van der Waals surface area (Å²) < 4.78 is 24.1. The van der Waals surface area contributed by atoms with E-state index in [1.165, 1.54) is 20.1 Å². The van der Waals surface area contributed by atoms with Crippen LogP contribution < -0.4 is 10.1 Å². The Hall–Kier alpha value is -3.94. The van der Waals surface area contributed by atoms with Crippen molar-refractivity contribution < 1.29 is 18.7 Å². The van der Waals surface area contributed by atoms with Gasteiger partial charge in [-0.3, -0.25) is 14.3 Å². The van der Waals surface area contributed by atoms with Crippen LogP contribution in [0.15, 0.2) is 55.1 Å². The molecule has 1 saturated carbocycles. The van der Waals surface area contributed by atoms with Crippen molar-refractivity contribution in [1.82, 2.24) is 14.2 Å². The Balaban J connectivity index is 1.52. The maximum absolute atomic E-state index is 15.3. The fraction of sp³-hybridized carbons (Fsp3) is 0.208. The number of pyridine rings is 1. The van der Waals surface area contributed by atoms with E-state index >= 15 is 4.39 Å². The number of anilines is 1. The summed E-state index contributed by atoms with van der Waals surface area (Å²) in [6.45, 7) is 1.39. The topological polar surface area (TPSA) is 77.6 Å². The summed E-state index contributed by atoms with van der Waals surface area (Å²) >= 11 is 0. The van der Waals surface area contributed by atoms with Crippen molar-refractivity contribution in [1.29, 1.82) is 0 Å². The summed E-state index contributed by atoms with van der Waals surface area (Å²) in [6, 6.07) is 8.60. The van der Waals surface area contributed by atoms with Gasteiger partial charge in [0.05, 0.1) is 36.1 Å². The second-order valence-electron chi connectivity index (χ2n) is 7.89. The van der Waals surface area contributed by atoms with E-state index in [4.69, 9.17) is 4.74 Å². The van der Waals surface area contributed by atoms with Gasteiger partial charge in [-0.25, -0.2) is 4.39 Å². The summed E-state index contributed by atoms with van der Waals surface area (Å²) in [6.07, 6.45) is 8.90. The monoisotopic (exact) mass is 432 g/mol. The minimum absolute atomic E-state index is 0.0309. The Morgan fingerprint density at radius 3 is 2.75 bits per heavy atom. The molecular weight excluding hydrogens is 411 g/mol. The third kappa shape index (κ3) is 3.43. The van der Waals surface area contributed by atoms with Gasteiger partial charge >= 0.3 is 0 Å². The number of nitrogens with zero attached hydrogens (tertiary/aromatic N) is 3. The largest absolute Gasteiger partial charge is 0.497 e. The van der Waals surface area contributed by atoms with Gasteiger partial charge in [0.15, 0.2) is 11.6 Å². The highest BCUT2D eigenvalue weighted by Crippen LogP contribution is 2.36. The zero-order chi connectivity index (χ0) is 22.4. The van der Waals surface area contributed by atoms with Crippen molar-refractivity contribution in [3.05, 3.63) is 72.1 Å². The van der Waals surface area contributed by atoms with E-state index in [1.54, 1.807) is 47.3 Å². The minimum Gasteiger partial charge on any atom is -0.497 e. The van der Waals surface area contributed by atoms with Crippen LogP contribution >= 0.6 is 0 Å². The molecule has 1 fully saturated rings. The highest BCUT2D eigenvalue weighted by Gasteiger charge is 2.26. The molecule has 0 bridgehead atoms. The molecule has 0 radical (unpaired) electrons. The summed E-state index contributed by atoms with van der Waals surface area (Å²) in [7, 11) is 1.52. The molecule has 1 aliphatic rings. The number of amides is 1. The number of hydrogen-bond donors (Lipinski definition) is 1. The highest BCUT2D eigenvalue weighted by atomic mass is 19.1. The molecule has 0 unspecified atom stereocenters. The lowest BCUT2D eigenvalue weighted by molar-refractivity contribution is 0.0987. The van der Waals surface area contributed by atoms with Crippen molar-refractivity contribution in [2.75, 3.05) is 12.4 Å². The first-order valence-corrected chi connectivity index (χ1v) is 10.3. The van der Waals surface area contributed by atoms with Gasteiger partial charge in [-0.05, 0) is 31.9 Å². The maximum atomic E-state index is 15.3. The van der Waals surface area contributed by atoms with Crippen LogP contribution in [0.3, 0.4) is 0 Å². The predicted octanol–water partition coefficient (Wildman–Crippen LogP) is 4.74. The van der Waals surface area contributed by atoms with Crippen molar-refractivity contribution in [2.45, 2.75) is 25.8 Å². The first kappa shape index (κ1) is 20.0. The molecule has 1 aliphatic carbocycles. The summed E-state index contributed by atoms with van der Waals surface area (Å²) in [5.74, 6) is -0.850. The summed E-state index contributed by atoms with van der Waals surface area (Å²) in [5, 5.41) is 6.96. The van der Waals surface area contributed by atoms with Gasteiger partial charge in [0.25, 0.3) is 5.91 Å². The molecule has 5 rings (SSSR count). The number of benzene rings is 1. The van der Waals surface area contributed by atoms with Crippen molar-refractivity contribution >= 4 is 22.9 Å². The van der Waals surface area contributed by atoms with Crippen molar-refractivity contribution in [3.63, 3.8) is 0 Å². The van der Waals surface area contributed by atoms with Gasteiger partial charge in [-0.15, -0.1) is 0 Å². The Morgan fingerprint density at radius 2 is 2.03 bits per heavy atom. The van der Waals surface area contributed by atoms with Gasteiger partial charge in [-0.1, -0.05) is 12.1 Å². The van der Waals surface area contributed by atoms with E-state index in [-0.39, 0.29) is 22.6 Å². The molecule has 0 atom stereocenters. The van der Waals surface area contributed by atoms with Gasteiger partial charge in [-0.2, -0.15) is 5.10 Å². The number of fused-ring (bicyclic) bond motifs is 1. The zero-order valence-corrected chi connectivity index (χ0v) is 17.6. The Bertz CT molecular complexity index is 1370. The molecule has 162 valence electrons. The van der Waals surface area contributed by atoms with Crippen LogP contribution in [-0.4, -0.2) is 33.0 Å². The van der Waals surface area contributed by atoms with Crippen LogP contribution in [0, 0.1) is 5.82 Å². The number of methoxy groups -OCH3 is 1. The molecule has 1 amide bonds. The number of halogens is 1. The number of carbonyl (C=O) groups is 2. The maximum Gasteiger partial charge on any atom is 0.258 e. The van der Waals surface area contributed by atoms with Crippen LogP contribution in [0.1, 0.15) is 46.5 Å². The van der Waals surface area contributed by atoms with Crippen LogP contribution in [0.2, 0.25) is 0 Å². The molecule has 3 heterocycles. The lowest BCUT2D eigenvalue weighted by Crippen LogP contribution is -2.15. The molecule has 1 aromatic carbocycles. The molecule has 0 spiro atoms. The number of Topliss-reactive ketones (excluding diaryl/α,β-unsaturated/α-hetero) is 1. The smallest absolute Gasteiger partial charge is 0.258 e. The van der Waals surface area contributed by atoms with Crippen molar-refractivity contribution in [2.24, 2.45) is 0 Å².